The lowest BCUT2D eigenvalue weighted by Gasteiger charge is -2.29. The SMILES string of the molecule is O=C(Nc1ccc(N2CCCCC2)c(Cl)c1)c1ccc2nc(C(F)F)[nH]c2c1. The van der Waals surface area contributed by atoms with E-state index in [9.17, 15) is 13.6 Å². The molecule has 1 aliphatic heterocycles. The van der Waals surface area contributed by atoms with Crippen molar-refractivity contribution in [2.45, 2.75) is 25.7 Å². The molecule has 1 amide bonds. The zero-order valence-electron chi connectivity index (χ0n) is 15.0. The van der Waals surface area contributed by atoms with Crippen LogP contribution in [0.5, 0.6) is 0 Å². The first-order valence-electron chi connectivity index (χ1n) is 9.15. The molecule has 146 valence electrons. The lowest BCUT2D eigenvalue weighted by Crippen LogP contribution is -2.29. The van der Waals surface area contributed by atoms with Crippen molar-refractivity contribution in [2.75, 3.05) is 23.3 Å². The Morgan fingerprint density at radius 2 is 1.93 bits per heavy atom. The van der Waals surface area contributed by atoms with Crippen molar-refractivity contribution in [3.8, 4) is 0 Å². The predicted molar refractivity (Wildman–Crippen MR) is 107 cm³/mol. The maximum Gasteiger partial charge on any atom is 0.295 e. The van der Waals surface area contributed by atoms with Crippen LogP contribution in [-0.4, -0.2) is 29.0 Å². The number of nitrogens with zero attached hydrogens (tertiary/aromatic N) is 2. The van der Waals surface area contributed by atoms with Gasteiger partial charge < -0.3 is 15.2 Å². The molecule has 4 rings (SSSR count). The van der Waals surface area contributed by atoms with Crippen LogP contribution < -0.4 is 10.2 Å². The number of hydrogen-bond acceptors (Lipinski definition) is 3. The van der Waals surface area contributed by atoms with Crippen LogP contribution >= 0.6 is 11.6 Å². The van der Waals surface area contributed by atoms with E-state index in [0.29, 0.717) is 27.3 Å². The van der Waals surface area contributed by atoms with Crippen molar-refractivity contribution < 1.29 is 13.6 Å². The number of benzene rings is 2. The molecule has 2 heterocycles. The molecule has 0 radical (unpaired) electrons. The second-order valence-corrected chi connectivity index (χ2v) is 7.23. The molecule has 2 aromatic carbocycles. The van der Waals surface area contributed by atoms with Gasteiger partial charge in [-0.15, -0.1) is 0 Å². The summed E-state index contributed by atoms with van der Waals surface area (Å²) in [5.41, 5.74) is 2.67. The summed E-state index contributed by atoms with van der Waals surface area (Å²) in [6.07, 6.45) is 0.850. The van der Waals surface area contributed by atoms with E-state index in [1.807, 2.05) is 12.1 Å². The Kier molecular flexibility index (Phi) is 5.17. The summed E-state index contributed by atoms with van der Waals surface area (Å²) in [5.74, 6) is -0.760. The van der Waals surface area contributed by atoms with Gasteiger partial charge in [0.1, 0.15) is 0 Å². The van der Waals surface area contributed by atoms with Crippen molar-refractivity contribution in [3.05, 3.63) is 52.8 Å². The van der Waals surface area contributed by atoms with Crippen LogP contribution in [0.15, 0.2) is 36.4 Å². The minimum atomic E-state index is -2.69. The molecule has 0 spiro atoms. The van der Waals surface area contributed by atoms with Crippen LogP contribution in [0.3, 0.4) is 0 Å². The number of fused-ring (bicyclic) bond motifs is 1. The summed E-state index contributed by atoms with van der Waals surface area (Å²) < 4.78 is 25.5. The summed E-state index contributed by atoms with van der Waals surface area (Å²) in [7, 11) is 0. The summed E-state index contributed by atoms with van der Waals surface area (Å²) in [5, 5.41) is 3.39. The van der Waals surface area contributed by atoms with E-state index in [1.165, 1.54) is 12.5 Å². The van der Waals surface area contributed by atoms with E-state index >= 15 is 0 Å². The van der Waals surface area contributed by atoms with Gasteiger partial charge in [0.15, 0.2) is 5.82 Å². The molecule has 8 heteroatoms. The fraction of sp³-hybridized carbons (Fsp3) is 0.300. The number of H-pyrrole nitrogens is 1. The molecule has 0 atom stereocenters. The molecule has 1 saturated heterocycles. The molecule has 0 unspecified atom stereocenters. The molecule has 0 aliphatic carbocycles. The number of carbonyl (C=O) groups is 1. The molecule has 1 aromatic heterocycles. The number of carbonyl (C=O) groups excluding carboxylic acids is 1. The molecular formula is C20H19ClF2N4O. The number of aromatic nitrogens is 2. The lowest BCUT2D eigenvalue weighted by atomic mass is 10.1. The van der Waals surface area contributed by atoms with Gasteiger partial charge in [0.05, 0.1) is 21.7 Å². The fourth-order valence-corrected chi connectivity index (χ4v) is 3.75. The van der Waals surface area contributed by atoms with E-state index in [4.69, 9.17) is 11.6 Å². The van der Waals surface area contributed by atoms with Crippen LogP contribution in [0.1, 0.15) is 41.9 Å². The van der Waals surface area contributed by atoms with Gasteiger partial charge in [-0.25, -0.2) is 13.8 Å². The Morgan fingerprint density at radius 1 is 1.14 bits per heavy atom. The van der Waals surface area contributed by atoms with E-state index in [0.717, 1.165) is 31.6 Å². The quantitative estimate of drug-likeness (QED) is 0.612. The zero-order chi connectivity index (χ0) is 19.7. The number of halogens is 3. The summed E-state index contributed by atoms with van der Waals surface area (Å²) in [6, 6.07) is 10.1. The van der Waals surface area contributed by atoms with Crippen LogP contribution in [0.25, 0.3) is 11.0 Å². The maximum absolute atomic E-state index is 12.8. The Labute approximate surface area is 165 Å². The van der Waals surface area contributed by atoms with Crippen molar-refractivity contribution in [3.63, 3.8) is 0 Å². The molecular weight excluding hydrogens is 386 g/mol. The highest BCUT2D eigenvalue weighted by molar-refractivity contribution is 6.33. The zero-order valence-corrected chi connectivity index (χ0v) is 15.8. The number of hydrogen-bond donors (Lipinski definition) is 2. The minimum Gasteiger partial charge on any atom is -0.370 e. The standard InChI is InChI=1S/C20H19ClF2N4O/c21-14-11-13(5-7-17(14)27-8-2-1-3-9-27)24-20(28)12-4-6-15-16(10-12)26-19(25-15)18(22)23/h4-7,10-11,18H,1-3,8-9H2,(H,24,28)(H,25,26). The fourth-order valence-electron chi connectivity index (χ4n) is 3.45. The third-order valence-corrected chi connectivity index (χ3v) is 5.17. The molecule has 0 bridgehead atoms. The van der Waals surface area contributed by atoms with Crippen LogP contribution in [0, 0.1) is 0 Å². The second-order valence-electron chi connectivity index (χ2n) is 6.82. The first kappa shape index (κ1) is 18.7. The van der Waals surface area contributed by atoms with Gasteiger partial charge in [0, 0.05) is 24.3 Å². The van der Waals surface area contributed by atoms with Gasteiger partial charge in [0.25, 0.3) is 12.3 Å². The largest absolute Gasteiger partial charge is 0.370 e. The Balaban J connectivity index is 1.51. The highest BCUT2D eigenvalue weighted by Crippen LogP contribution is 2.31. The van der Waals surface area contributed by atoms with Gasteiger partial charge in [0.2, 0.25) is 0 Å². The second kappa shape index (κ2) is 7.75. The van der Waals surface area contributed by atoms with Crippen molar-refractivity contribution in [2.24, 2.45) is 0 Å². The van der Waals surface area contributed by atoms with Gasteiger partial charge >= 0.3 is 0 Å². The average Bonchev–Trinajstić information content (AvgIpc) is 3.12. The predicted octanol–water partition coefficient (Wildman–Crippen LogP) is 5.40. The Morgan fingerprint density at radius 3 is 2.64 bits per heavy atom. The van der Waals surface area contributed by atoms with Crippen LogP contribution in [0.2, 0.25) is 5.02 Å². The number of alkyl halides is 2. The monoisotopic (exact) mass is 404 g/mol. The van der Waals surface area contributed by atoms with E-state index in [-0.39, 0.29) is 5.91 Å². The Hall–Kier alpha value is -2.67. The summed E-state index contributed by atoms with van der Waals surface area (Å²) in [6.45, 7) is 1.96. The minimum absolute atomic E-state index is 0.341. The average molecular weight is 405 g/mol. The molecule has 1 fully saturated rings. The smallest absolute Gasteiger partial charge is 0.295 e. The maximum atomic E-state index is 12.8. The van der Waals surface area contributed by atoms with E-state index in [2.05, 4.69) is 20.2 Å². The summed E-state index contributed by atoms with van der Waals surface area (Å²) in [4.78, 5) is 21.1. The third kappa shape index (κ3) is 3.80. The molecule has 28 heavy (non-hydrogen) atoms. The molecule has 1 aliphatic rings. The number of imidazole rings is 1. The molecule has 5 nitrogen and oxygen atoms in total. The third-order valence-electron chi connectivity index (χ3n) is 4.87. The highest BCUT2D eigenvalue weighted by Gasteiger charge is 2.16. The van der Waals surface area contributed by atoms with Gasteiger partial charge in [-0.05, 0) is 55.7 Å². The number of amides is 1. The van der Waals surface area contributed by atoms with Gasteiger partial charge in [-0.1, -0.05) is 11.6 Å². The number of piperidine rings is 1. The van der Waals surface area contributed by atoms with Gasteiger partial charge in [-0.3, -0.25) is 4.79 Å². The highest BCUT2D eigenvalue weighted by atomic mass is 35.5. The van der Waals surface area contributed by atoms with Crippen molar-refractivity contribution >= 4 is 39.9 Å². The van der Waals surface area contributed by atoms with Gasteiger partial charge in [-0.2, -0.15) is 0 Å². The normalized spacial score (nSPS) is 14.6. The molecule has 2 N–H and O–H groups in total. The number of anilines is 2. The lowest BCUT2D eigenvalue weighted by molar-refractivity contribution is 0.102. The number of aromatic amines is 1. The van der Waals surface area contributed by atoms with E-state index < -0.39 is 12.2 Å². The Bertz CT molecular complexity index is 1010. The topological polar surface area (TPSA) is 61.0 Å². The molecule has 0 saturated carbocycles. The van der Waals surface area contributed by atoms with E-state index in [1.54, 1.807) is 18.2 Å². The first-order chi connectivity index (χ1) is 13.5. The first-order valence-corrected chi connectivity index (χ1v) is 9.53. The summed E-state index contributed by atoms with van der Waals surface area (Å²) >= 11 is 6.43. The van der Waals surface area contributed by atoms with Crippen LogP contribution in [-0.2, 0) is 0 Å². The number of rotatable bonds is 4. The number of nitrogens with one attached hydrogen (secondary N) is 2. The molecule has 3 aromatic rings. The van der Waals surface area contributed by atoms with Crippen molar-refractivity contribution in [1.29, 1.82) is 0 Å². The van der Waals surface area contributed by atoms with Crippen LogP contribution in [0.4, 0.5) is 20.2 Å². The van der Waals surface area contributed by atoms with Crippen molar-refractivity contribution in [1.82, 2.24) is 9.97 Å².